The highest BCUT2D eigenvalue weighted by Crippen LogP contribution is 2.20. The number of benzene rings is 1. The smallest absolute Gasteiger partial charge is 0.263 e. The zero-order valence-corrected chi connectivity index (χ0v) is 10.8. The maximum Gasteiger partial charge on any atom is 0.263 e. The first kappa shape index (κ1) is 14.1. The number of nitrogens with zero attached hydrogens (tertiary/aromatic N) is 1. The Hall–Kier alpha value is -0.940. The Bertz CT molecular complexity index is 402. The van der Waals surface area contributed by atoms with Gasteiger partial charge >= 0.3 is 0 Å². The molecule has 0 aliphatic rings. The van der Waals surface area contributed by atoms with E-state index in [9.17, 15) is 13.3 Å². The van der Waals surface area contributed by atoms with Crippen LogP contribution in [0.4, 0.5) is 8.78 Å². The molecule has 0 aliphatic heterocycles. The topological polar surface area (TPSA) is 35.4 Å². The lowest BCUT2D eigenvalue weighted by Crippen LogP contribution is -2.25. The van der Waals surface area contributed by atoms with E-state index < -0.39 is 22.5 Å². The Labute approximate surface area is 103 Å². The highest BCUT2D eigenvalue weighted by Gasteiger charge is 2.25. The molecule has 1 aromatic rings. The maximum absolute atomic E-state index is 12.4. The second-order valence-electron chi connectivity index (χ2n) is 4.57. The van der Waals surface area contributed by atoms with Gasteiger partial charge in [0, 0.05) is 5.56 Å². The Morgan fingerprint density at radius 3 is 2.53 bits per heavy atom. The third-order valence-corrected chi connectivity index (χ3v) is 3.33. The van der Waals surface area contributed by atoms with E-state index in [1.807, 2.05) is 0 Å². The van der Waals surface area contributed by atoms with Gasteiger partial charge in [-0.05, 0) is 32.4 Å². The van der Waals surface area contributed by atoms with Crippen molar-refractivity contribution in [3.05, 3.63) is 35.4 Å². The summed E-state index contributed by atoms with van der Waals surface area (Å²) in [5, 5.41) is 0. The minimum absolute atomic E-state index is 0.0597. The van der Waals surface area contributed by atoms with E-state index in [0.29, 0.717) is 5.56 Å². The zero-order chi connectivity index (χ0) is 13.1. The minimum Gasteiger partial charge on any atom is -0.591 e. The predicted octanol–water partition coefficient (Wildman–Crippen LogP) is 3.51. The quantitative estimate of drug-likeness (QED) is 0.604. The Morgan fingerprint density at radius 2 is 2.00 bits per heavy atom. The van der Waals surface area contributed by atoms with E-state index in [-0.39, 0.29) is 5.56 Å². The zero-order valence-electron chi connectivity index (χ0n) is 9.98. The molecule has 2 nitrogen and oxygen atoms in total. The summed E-state index contributed by atoms with van der Waals surface area (Å²) in [5.41, 5.74) is 0.468. The van der Waals surface area contributed by atoms with Crippen molar-refractivity contribution in [1.82, 2.24) is 0 Å². The van der Waals surface area contributed by atoms with Crippen LogP contribution in [0.25, 0.3) is 0 Å². The number of hydrogen-bond donors (Lipinski definition) is 0. The average Bonchev–Trinajstić information content (AvgIpc) is 2.25. The van der Waals surface area contributed by atoms with Gasteiger partial charge in [0.15, 0.2) is 0 Å². The molecule has 1 aromatic carbocycles. The Balaban J connectivity index is 2.82. The van der Waals surface area contributed by atoms with Gasteiger partial charge in [-0.15, -0.1) is 0 Å². The summed E-state index contributed by atoms with van der Waals surface area (Å²) in [6.45, 7) is 5.40. The van der Waals surface area contributed by atoms with Gasteiger partial charge in [-0.25, -0.2) is 8.78 Å². The molecule has 94 valence electrons. The molecule has 17 heavy (non-hydrogen) atoms. The summed E-state index contributed by atoms with van der Waals surface area (Å²) >= 11 is -1.37. The number of halogens is 2. The molecule has 1 atom stereocenters. The van der Waals surface area contributed by atoms with E-state index in [0.717, 1.165) is 0 Å². The monoisotopic (exact) mass is 259 g/mol. The van der Waals surface area contributed by atoms with Crippen LogP contribution >= 0.6 is 0 Å². The van der Waals surface area contributed by atoms with E-state index >= 15 is 0 Å². The molecular weight excluding hydrogens is 244 g/mol. The largest absolute Gasteiger partial charge is 0.591 e. The van der Waals surface area contributed by atoms with Crippen LogP contribution in [0, 0.1) is 0 Å². The molecule has 0 N–H and O–H groups in total. The molecule has 0 heterocycles. The Kier molecular flexibility index (Phi) is 4.65. The summed E-state index contributed by atoms with van der Waals surface area (Å²) in [7, 11) is 0. The molecule has 0 aromatic heterocycles. The lowest BCUT2D eigenvalue weighted by Gasteiger charge is -2.17. The molecule has 0 spiro atoms. The molecule has 0 amide bonds. The molecular formula is C12H15F2NOS. The van der Waals surface area contributed by atoms with Crippen LogP contribution in [-0.2, 0) is 11.4 Å². The minimum atomic E-state index is -2.50. The van der Waals surface area contributed by atoms with Gasteiger partial charge in [0.25, 0.3) is 6.43 Å². The molecule has 0 saturated carbocycles. The van der Waals surface area contributed by atoms with Crippen LogP contribution in [0.5, 0.6) is 0 Å². The predicted molar refractivity (Wildman–Crippen MR) is 66.9 cm³/mol. The third-order valence-electron chi connectivity index (χ3n) is 1.98. The number of hydrogen-bond acceptors (Lipinski definition) is 2. The molecule has 0 unspecified atom stereocenters. The summed E-state index contributed by atoms with van der Waals surface area (Å²) in [4.78, 5) is 0. The second kappa shape index (κ2) is 5.60. The molecule has 1 rings (SSSR count). The van der Waals surface area contributed by atoms with Gasteiger partial charge in [0.1, 0.15) is 16.1 Å². The third kappa shape index (κ3) is 4.44. The summed E-state index contributed by atoms with van der Waals surface area (Å²) in [6, 6.07) is 5.87. The molecule has 0 fully saturated rings. The van der Waals surface area contributed by atoms with Gasteiger partial charge in [-0.1, -0.05) is 22.6 Å². The van der Waals surface area contributed by atoms with Crippen molar-refractivity contribution < 1.29 is 13.3 Å². The van der Waals surface area contributed by atoms with Crippen molar-refractivity contribution in [2.45, 2.75) is 31.9 Å². The summed E-state index contributed by atoms with van der Waals surface area (Å²) in [5.74, 6) is 0. The van der Waals surface area contributed by atoms with E-state index in [2.05, 4.69) is 4.40 Å². The van der Waals surface area contributed by atoms with Crippen LogP contribution in [0.1, 0.15) is 38.3 Å². The van der Waals surface area contributed by atoms with Crippen molar-refractivity contribution in [2.24, 2.45) is 4.40 Å². The van der Waals surface area contributed by atoms with Crippen LogP contribution < -0.4 is 0 Å². The number of rotatable bonds is 3. The van der Waals surface area contributed by atoms with Crippen molar-refractivity contribution in [3.8, 4) is 0 Å². The second-order valence-corrected chi connectivity index (χ2v) is 6.50. The van der Waals surface area contributed by atoms with Crippen LogP contribution in [0.3, 0.4) is 0 Å². The fourth-order valence-electron chi connectivity index (χ4n) is 1.04. The molecule has 5 heteroatoms. The standard InChI is InChI=1S/C12H15F2NOS/c1-12(2,3)17(16)15-8-9-5-4-6-10(7-9)11(13)14/h4-8,11H,1-3H3/b15-8+/t17-/m1/s1. The normalized spacial score (nSPS) is 14.5. The highest BCUT2D eigenvalue weighted by atomic mass is 32.2. The van der Waals surface area contributed by atoms with Crippen LogP contribution in [0.2, 0.25) is 0 Å². The SMILES string of the molecule is CC(C)(C)[S@@+]([O-])/N=C/c1cccc(C(F)F)c1. The van der Waals surface area contributed by atoms with Crippen LogP contribution in [0.15, 0.2) is 28.7 Å². The van der Waals surface area contributed by atoms with Gasteiger partial charge < -0.3 is 4.55 Å². The fourth-order valence-corrected chi connectivity index (χ4v) is 1.58. The molecule has 0 bridgehead atoms. The van der Waals surface area contributed by atoms with Gasteiger partial charge in [-0.3, -0.25) is 0 Å². The van der Waals surface area contributed by atoms with Crippen molar-refractivity contribution in [3.63, 3.8) is 0 Å². The average molecular weight is 259 g/mol. The fraction of sp³-hybridized carbons (Fsp3) is 0.417. The van der Waals surface area contributed by atoms with E-state index in [4.69, 9.17) is 0 Å². The lowest BCUT2D eigenvalue weighted by atomic mass is 10.1. The Morgan fingerprint density at radius 1 is 1.35 bits per heavy atom. The van der Waals surface area contributed by atoms with Crippen molar-refractivity contribution in [2.75, 3.05) is 0 Å². The first-order valence-electron chi connectivity index (χ1n) is 5.15. The van der Waals surface area contributed by atoms with Gasteiger partial charge in [0.05, 0.1) is 6.21 Å². The van der Waals surface area contributed by atoms with Gasteiger partial charge in [0.2, 0.25) is 0 Å². The first-order chi connectivity index (χ1) is 7.80. The van der Waals surface area contributed by atoms with Crippen molar-refractivity contribution in [1.29, 1.82) is 0 Å². The highest BCUT2D eigenvalue weighted by molar-refractivity contribution is 7.91. The molecule has 0 saturated heterocycles. The lowest BCUT2D eigenvalue weighted by molar-refractivity contribution is 0.151. The van der Waals surface area contributed by atoms with E-state index in [1.165, 1.54) is 24.4 Å². The maximum atomic E-state index is 12.4. The first-order valence-corrected chi connectivity index (χ1v) is 6.25. The van der Waals surface area contributed by atoms with Gasteiger partial charge in [-0.2, -0.15) is 0 Å². The van der Waals surface area contributed by atoms with Crippen LogP contribution in [-0.4, -0.2) is 15.5 Å². The van der Waals surface area contributed by atoms with Crippen molar-refractivity contribution >= 4 is 17.6 Å². The van der Waals surface area contributed by atoms with E-state index in [1.54, 1.807) is 26.8 Å². The summed E-state index contributed by atoms with van der Waals surface area (Å²) in [6.07, 6.45) is -1.13. The molecule has 0 aliphatic carbocycles. The summed E-state index contributed by atoms with van der Waals surface area (Å²) < 4.78 is 39.9. The number of alkyl halides is 2. The molecule has 0 radical (unpaired) electrons.